The molecular formula is C61H66F2N12O11. The summed E-state index contributed by atoms with van der Waals surface area (Å²) in [5, 5.41) is 15.9. The van der Waals surface area contributed by atoms with Gasteiger partial charge in [-0.25, -0.2) is 27.7 Å². The fourth-order valence-electron chi connectivity index (χ4n) is 9.11. The first-order valence-electron chi connectivity index (χ1n) is 25.8. The molecule has 4 amide bonds. The number of benzene rings is 6. The lowest BCUT2D eigenvalue weighted by molar-refractivity contribution is -0.117. The fourth-order valence-corrected chi connectivity index (χ4v) is 9.11. The molecule has 0 radical (unpaired) electrons. The Kier molecular flexibility index (Phi) is 22.1. The number of ether oxygens (including phenoxy) is 2. The minimum absolute atomic E-state index is 0. The Morgan fingerprint density at radius 3 is 1.33 bits per heavy atom. The Morgan fingerprint density at radius 2 is 0.942 bits per heavy atom. The second-order valence-electron chi connectivity index (χ2n) is 19.1. The number of nitrogens with one attached hydrogen (secondary N) is 3. The van der Waals surface area contributed by atoms with Crippen molar-refractivity contribution in [3.63, 3.8) is 0 Å². The number of hydrogen-bond donors (Lipinski definition) is 6. The molecule has 9 N–H and O–H groups in total. The third-order valence-corrected chi connectivity index (χ3v) is 13.7. The molecule has 0 fully saturated rings. The highest BCUT2D eigenvalue weighted by Crippen LogP contribution is 2.39. The van der Waals surface area contributed by atoms with Crippen molar-refractivity contribution >= 4 is 41.3 Å². The van der Waals surface area contributed by atoms with Crippen LogP contribution >= 0.6 is 0 Å². The van der Waals surface area contributed by atoms with Crippen molar-refractivity contribution in [2.75, 3.05) is 37.9 Å². The quantitative estimate of drug-likeness (QED) is 0.0685. The maximum atomic E-state index is 15.2. The summed E-state index contributed by atoms with van der Waals surface area (Å²) >= 11 is 0. The molecule has 0 unspecified atom stereocenters. The molecule has 0 saturated heterocycles. The molecule has 0 aliphatic heterocycles. The Hall–Kier alpha value is -10.5. The van der Waals surface area contributed by atoms with E-state index in [2.05, 4.69) is 31.9 Å². The summed E-state index contributed by atoms with van der Waals surface area (Å²) in [6, 6.07) is 28.0. The van der Waals surface area contributed by atoms with Crippen molar-refractivity contribution in [3.05, 3.63) is 195 Å². The highest BCUT2D eigenvalue weighted by molar-refractivity contribution is 6.04. The molecule has 0 atom stereocenters. The minimum Gasteiger partial charge on any atom is -0.496 e. The maximum absolute atomic E-state index is 15.2. The van der Waals surface area contributed by atoms with E-state index in [-0.39, 0.29) is 43.9 Å². The van der Waals surface area contributed by atoms with E-state index in [9.17, 15) is 47.5 Å². The lowest BCUT2D eigenvalue weighted by Gasteiger charge is -2.18. The number of hydrogen-bond acceptors (Lipinski definition) is 15. The standard InChI is InChI=1S/C30H31FN6O5.C28H25FN4O5.C2H6N2O.CH4/c1-16-19(18-12-23(31)22(25(13-18)42-5)14-33-15-26(32)38)8-6-9-20(16)21-10-7-11-24(17(21)2)34-28(39)27-29(40)36(3)30(41)37(4)35-27;1-15-18(17-12-22(29)21(14-34)24(13-17)38-5)8-6-9-19(15)20-10-7-11-23(16(20)2)30-26(35)25-27(36)32(3)28(37)33(4)31-25;3-1-2(4)5;/h6-13,33H,14-15H2,1-5H3,(H2,32,38)(H,34,39);6-14H,1-5H3,(H,30,35);1,3H2,(H2,4,5);1H4. The molecule has 23 nitrogen and oxygen atoms in total. The van der Waals surface area contributed by atoms with Crippen LogP contribution in [0.2, 0.25) is 0 Å². The lowest BCUT2D eigenvalue weighted by Crippen LogP contribution is -2.43. The van der Waals surface area contributed by atoms with Crippen LogP contribution in [0.4, 0.5) is 20.2 Å². The normalized spacial score (nSPS) is 10.5. The van der Waals surface area contributed by atoms with Gasteiger partial charge < -0.3 is 42.6 Å². The predicted octanol–water partition coefficient (Wildman–Crippen LogP) is 5.11. The van der Waals surface area contributed by atoms with Crippen LogP contribution < -0.4 is 65.1 Å². The van der Waals surface area contributed by atoms with Crippen molar-refractivity contribution in [3.8, 4) is 56.0 Å². The van der Waals surface area contributed by atoms with Gasteiger partial charge in [0.15, 0.2) is 6.29 Å². The Morgan fingerprint density at radius 1 is 0.570 bits per heavy atom. The van der Waals surface area contributed by atoms with Crippen molar-refractivity contribution in [2.45, 2.75) is 41.7 Å². The molecule has 8 aromatic rings. The van der Waals surface area contributed by atoms with Gasteiger partial charge in [-0.3, -0.25) is 42.7 Å². The average Bonchev–Trinajstić information content (AvgIpc) is 1.70. The van der Waals surface area contributed by atoms with Crippen molar-refractivity contribution in [1.29, 1.82) is 0 Å². The first kappa shape index (κ1) is 66.3. The molecule has 0 bridgehead atoms. The zero-order valence-electron chi connectivity index (χ0n) is 48.1. The van der Waals surface area contributed by atoms with Gasteiger partial charge >= 0.3 is 11.4 Å². The van der Waals surface area contributed by atoms with E-state index in [1.54, 1.807) is 36.4 Å². The zero-order valence-corrected chi connectivity index (χ0v) is 48.1. The monoisotopic (exact) mass is 1180 g/mol. The van der Waals surface area contributed by atoms with E-state index in [4.69, 9.17) is 20.9 Å². The number of carbonyl (C=O) groups excluding carboxylic acids is 5. The average molecular weight is 1180 g/mol. The number of aromatic nitrogens is 6. The second-order valence-corrected chi connectivity index (χ2v) is 19.1. The first-order chi connectivity index (χ1) is 40.3. The van der Waals surface area contributed by atoms with Crippen LogP contribution in [0, 0.1) is 39.3 Å². The summed E-state index contributed by atoms with van der Waals surface area (Å²) in [5.74, 6) is -3.22. The van der Waals surface area contributed by atoms with Gasteiger partial charge in [-0.2, -0.15) is 10.2 Å². The Labute approximate surface area is 492 Å². The summed E-state index contributed by atoms with van der Waals surface area (Å²) in [4.78, 5) is 107. The third kappa shape index (κ3) is 14.4. The molecule has 6 aromatic carbocycles. The number of aryl methyl sites for hydroxylation is 2. The molecule has 25 heteroatoms. The summed E-state index contributed by atoms with van der Waals surface area (Å²) in [7, 11) is 8.09. The van der Waals surface area contributed by atoms with Crippen molar-refractivity contribution < 1.29 is 42.2 Å². The summed E-state index contributed by atoms with van der Waals surface area (Å²) in [6.45, 7) is 7.38. The number of amides is 4. The zero-order chi connectivity index (χ0) is 62.7. The molecule has 2 aromatic heterocycles. The number of aldehydes is 1. The molecule has 0 aliphatic rings. The van der Waals surface area contributed by atoms with Crippen LogP contribution in [0.3, 0.4) is 0 Å². The fraction of sp³-hybridized carbons (Fsp3) is 0.230. The number of nitrogens with zero attached hydrogens (tertiary/aromatic N) is 6. The SMILES string of the molecule is C.COc1cc(-c2cccc(-c3cccc(NC(=O)c4nn(C)c(=O)n(C)c4=O)c3C)c2C)cc(F)c1C=O.COc1cc(-c2cccc(-c3cccc(NC(=O)c4nn(C)c(=O)n(C)c4=O)c3C)c2C)cc(F)c1CNCC(N)=O.NCC(N)=O. The largest absolute Gasteiger partial charge is 0.496 e. The van der Waals surface area contributed by atoms with Gasteiger partial charge in [-0.05, 0) is 131 Å². The minimum atomic E-state index is -0.801. The van der Waals surface area contributed by atoms with Gasteiger partial charge in [0.1, 0.15) is 23.1 Å². The van der Waals surface area contributed by atoms with E-state index in [1.807, 2.05) is 76.2 Å². The molecule has 0 spiro atoms. The van der Waals surface area contributed by atoms with Gasteiger partial charge in [-0.15, -0.1) is 0 Å². The number of nitrogens with two attached hydrogens (primary N) is 3. The molecule has 86 heavy (non-hydrogen) atoms. The van der Waals surface area contributed by atoms with E-state index in [1.165, 1.54) is 54.5 Å². The van der Waals surface area contributed by atoms with Crippen molar-refractivity contribution in [1.82, 2.24) is 34.0 Å². The van der Waals surface area contributed by atoms with Crippen LogP contribution in [0.15, 0.2) is 116 Å². The smallest absolute Gasteiger partial charge is 0.346 e. The number of primary amides is 2. The number of rotatable bonds is 16. The van der Waals surface area contributed by atoms with Crippen molar-refractivity contribution in [2.24, 2.45) is 45.4 Å². The van der Waals surface area contributed by atoms with E-state index in [0.29, 0.717) is 34.5 Å². The molecular weight excluding hydrogens is 1110 g/mol. The van der Waals surface area contributed by atoms with Crippen LogP contribution in [-0.4, -0.2) is 85.9 Å². The summed E-state index contributed by atoms with van der Waals surface area (Å²) in [5.41, 5.74) is 20.8. The topological polar surface area (TPSA) is 332 Å². The molecule has 2 heterocycles. The first-order valence-corrected chi connectivity index (χ1v) is 25.8. The van der Waals surface area contributed by atoms with Gasteiger partial charge in [0.2, 0.25) is 23.2 Å². The lowest BCUT2D eigenvalue weighted by atomic mass is 9.90. The number of anilines is 2. The summed E-state index contributed by atoms with van der Waals surface area (Å²) < 4.78 is 44.0. The predicted molar refractivity (Wildman–Crippen MR) is 323 cm³/mol. The molecule has 8 rings (SSSR count). The van der Waals surface area contributed by atoms with Crippen LogP contribution in [0.1, 0.15) is 66.6 Å². The Bertz CT molecular complexity index is 4210. The van der Waals surface area contributed by atoms with Gasteiger partial charge in [0.05, 0.1) is 32.9 Å². The number of halogens is 2. The van der Waals surface area contributed by atoms with E-state index in [0.717, 1.165) is 74.1 Å². The third-order valence-electron chi connectivity index (χ3n) is 13.7. The highest BCUT2D eigenvalue weighted by Gasteiger charge is 2.23. The van der Waals surface area contributed by atoms with Gasteiger partial charge in [-0.1, -0.05) is 68.1 Å². The number of carbonyl (C=O) groups is 5. The van der Waals surface area contributed by atoms with Gasteiger partial charge in [0.25, 0.3) is 22.9 Å². The van der Waals surface area contributed by atoms with E-state index >= 15 is 4.39 Å². The maximum Gasteiger partial charge on any atom is 0.346 e. The number of methoxy groups -OCH3 is 2. The summed E-state index contributed by atoms with van der Waals surface area (Å²) in [6.07, 6.45) is 0.421. The molecule has 0 saturated carbocycles. The van der Waals surface area contributed by atoms with E-state index < -0.39 is 69.1 Å². The van der Waals surface area contributed by atoms with Crippen LogP contribution in [0.5, 0.6) is 11.5 Å². The van der Waals surface area contributed by atoms with Crippen LogP contribution in [-0.2, 0) is 44.3 Å². The highest BCUT2D eigenvalue weighted by atomic mass is 19.1. The van der Waals surface area contributed by atoms with Gasteiger partial charge in [0, 0.05) is 51.7 Å². The molecule has 450 valence electrons. The second kappa shape index (κ2) is 28.6. The molecule has 0 aliphatic carbocycles. The Balaban J connectivity index is 0.000000289. The van der Waals surface area contributed by atoms with Crippen LogP contribution in [0.25, 0.3) is 44.5 Å².